The van der Waals surface area contributed by atoms with Gasteiger partial charge >= 0.3 is 0 Å². The van der Waals surface area contributed by atoms with E-state index in [0.717, 1.165) is 6.07 Å². The maximum absolute atomic E-state index is 14.5. The van der Waals surface area contributed by atoms with Gasteiger partial charge in [-0.25, -0.2) is 27.5 Å². The topological polar surface area (TPSA) is 106 Å². The molecule has 30 heavy (non-hydrogen) atoms. The fourth-order valence-corrected chi connectivity index (χ4v) is 3.81. The van der Waals surface area contributed by atoms with Crippen LogP contribution in [0.3, 0.4) is 0 Å². The number of aliphatic hydroxyl groups excluding tert-OH is 1. The predicted molar refractivity (Wildman–Crippen MR) is 97.4 cm³/mol. The molecular formula is C19H18F4N4O3. The molecule has 160 valence electrons. The molecule has 0 spiro atoms. The average molecular weight is 426 g/mol. The summed E-state index contributed by atoms with van der Waals surface area (Å²) in [6, 6.07) is 3.15. The molecule has 2 aromatic heterocycles. The van der Waals surface area contributed by atoms with Crippen LogP contribution in [0.15, 0.2) is 30.7 Å². The first-order chi connectivity index (χ1) is 14.1. The fourth-order valence-electron chi connectivity index (χ4n) is 3.81. The average Bonchev–Trinajstić information content (AvgIpc) is 3.22. The van der Waals surface area contributed by atoms with Crippen LogP contribution in [0.1, 0.15) is 43.2 Å². The molecule has 4 atom stereocenters. The first-order valence-electron chi connectivity index (χ1n) is 9.00. The molecule has 0 aliphatic carbocycles. The number of aliphatic hydroxyl groups is 2. The second-order valence-electron chi connectivity index (χ2n) is 7.40. The van der Waals surface area contributed by atoms with Gasteiger partial charge in [-0.3, -0.25) is 0 Å². The van der Waals surface area contributed by atoms with E-state index in [2.05, 4.69) is 9.97 Å². The van der Waals surface area contributed by atoms with Crippen LogP contribution in [-0.2, 0) is 4.74 Å². The van der Waals surface area contributed by atoms with Crippen LogP contribution in [0.4, 0.5) is 23.4 Å². The number of hydrogen-bond donors (Lipinski definition) is 3. The van der Waals surface area contributed by atoms with E-state index in [4.69, 9.17) is 10.5 Å². The third-order valence-electron chi connectivity index (χ3n) is 5.33. The van der Waals surface area contributed by atoms with Gasteiger partial charge in [0.1, 0.15) is 47.9 Å². The maximum atomic E-state index is 14.5. The van der Waals surface area contributed by atoms with Gasteiger partial charge in [0, 0.05) is 18.2 Å². The molecule has 0 unspecified atom stereocenters. The predicted octanol–water partition coefficient (Wildman–Crippen LogP) is 3.00. The van der Waals surface area contributed by atoms with E-state index in [1.165, 1.54) is 13.3 Å². The van der Waals surface area contributed by atoms with E-state index in [9.17, 15) is 27.8 Å². The molecule has 1 aromatic carbocycles. The molecule has 1 aliphatic heterocycles. The maximum Gasteiger partial charge on any atom is 0.269 e. The zero-order valence-corrected chi connectivity index (χ0v) is 15.6. The zero-order chi connectivity index (χ0) is 21.8. The van der Waals surface area contributed by atoms with Gasteiger partial charge in [0.15, 0.2) is 0 Å². The third-order valence-corrected chi connectivity index (χ3v) is 5.33. The van der Waals surface area contributed by atoms with Crippen LogP contribution in [0.25, 0.3) is 11.0 Å². The Morgan fingerprint density at radius 1 is 1.27 bits per heavy atom. The smallest absolute Gasteiger partial charge is 0.269 e. The number of benzene rings is 1. The van der Waals surface area contributed by atoms with Gasteiger partial charge in [-0.15, -0.1) is 0 Å². The van der Waals surface area contributed by atoms with Gasteiger partial charge in [-0.2, -0.15) is 0 Å². The lowest BCUT2D eigenvalue weighted by Crippen LogP contribution is -2.39. The number of nitrogens with two attached hydrogens (primary N) is 1. The molecule has 1 aliphatic rings. The van der Waals surface area contributed by atoms with E-state index in [1.54, 1.807) is 16.8 Å². The minimum atomic E-state index is -3.41. The first kappa shape index (κ1) is 20.5. The van der Waals surface area contributed by atoms with Crippen molar-refractivity contribution in [2.75, 3.05) is 5.73 Å². The Bertz CT molecular complexity index is 1100. The van der Waals surface area contributed by atoms with Crippen molar-refractivity contribution >= 4 is 16.9 Å². The minimum absolute atomic E-state index is 0.0209. The Morgan fingerprint density at radius 3 is 2.70 bits per heavy atom. The number of ether oxygens (including phenoxy) is 1. The summed E-state index contributed by atoms with van der Waals surface area (Å²) < 4.78 is 61.5. The number of halogens is 4. The number of fused-ring (bicyclic) bond motifs is 1. The summed E-state index contributed by atoms with van der Waals surface area (Å²) in [5, 5.41) is 22.0. The van der Waals surface area contributed by atoms with E-state index < -0.39 is 53.2 Å². The highest BCUT2D eigenvalue weighted by molar-refractivity contribution is 5.86. The largest absolute Gasteiger partial charge is 0.387 e. The Morgan fingerprint density at radius 2 is 2.00 bits per heavy atom. The normalized spacial score (nSPS) is 25.3. The molecule has 1 fully saturated rings. The molecule has 0 amide bonds. The number of nitrogen functional groups attached to an aromatic ring is 1. The van der Waals surface area contributed by atoms with Gasteiger partial charge in [-0.05, 0) is 19.1 Å². The zero-order valence-electron chi connectivity index (χ0n) is 15.6. The van der Waals surface area contributed by atoms with Crippen molar-refractivity contribution in [3.63, 3.8) is 0 Å². The summed E-state index contributed by atoms with van der Waals surface area (Å²) >= 11 is 0. The van der Waals surface area contributed by atoms with Crippen molar-refractivity contribution in [1.82, 2.24) is 14.5 Å². The minimum Gasteiger partial charge on any atom is -0.387 e. The third kappa shape index (κ3) is 3.18. The molecule has 7 nitrogen and oxygen atoms in total. The molecule has 0 bridgehead atoms. The van der Waals surface area contributed by atoms with Gasteiger partial charge in [0.2, 0.25) is 0 Å². The Balaban J connectivity index is 1.69. The van der Waals surface area contributed by atoms with Gasteiger partial charge in [0.05, 0.1) is 16.6 Å². The lowest BCUT2D eigenvalue weighted by Gasteiger charge is -2.28. The molecular weight excluding hydrogens is 408 g/mol. The summed E-state index contributed by atoms with van der Waals surface area (Å²) in [6.45, 7) is 1.37. The van der Waals surface area contributed by atoms with Crippen molar-refractivity contribution in [2.24, 2.45) is 0 Å². The fraction of sp³-hybridized carbons (Fsp3) is 0.368. The summed E-state index contributed by atoms with van der Waals surface area (Å²) in [5.41, 5.74) is 2.54. The highest BCUT2D eigenvalue weighted by Crippen LogP contribution is 2.44. The molecule has 4 rings (SSSR count). The molecule has 4 N–H and O–H groups in total. The number of alkyl halides is 2. The van der Waals surface area contributed by atoms with Crippen molar-refractivity contribution in [2.45, 2.75) is 43.8 Å². The Kier molecular flexibility index (Phi) is 4.91. The lowest BCUT2D eigenvalue weighted by molar-refractivity contribution is -0.112. The number of anilines is 1. The van der Waals surface area contributed by atoms with Crippen LogP contribution >= 0.6 is 0 Å². The number of aromatic nitrogens is 3. The first-order valence-corrected chi connectivity index (χ1v) is 9.00. The molecule has 11 heteroatoms. The number of nitrogens with zero attached hydrogens (tertiary/aromatic N) is 3. The highest BCUT2D eigenvalue weighted by atomic mass is 19.3. The second-order valence-corrected chi connectivity index (χ2v) is 7.40. The lowest BCUT2D eigenvalue weighted by atomic mass is 9.89. The van der Waals surface area contributed by atoms with Crippen LogP contribution < -0.4 is 5.73 Å². The van der Waals surface area contributed by atoms with Crippen molar-refractivity contribution in [3.05, 3.63) is 53.5 Å². The molecule has 3 heterocycles. The quantitative estimate of drug-likeness (QED) is 0.554. The molecule has 0 radical (unpaired) electrons. The van der Waals surface area contributed by atoms with Crippen LogP contribution in [0.2, 0.25) is 0 Å². The summed E-state index contributed by atoms with van der Waals surface area (Å²) in [5.74, 6) is -2.76. The standard InChI is InChI=1S/C19H18F4N4O3/c1-19(29)6-11(27-5-4-9-17(24)25-7-26-18(9)27)30-15(19)14(28)8-2-3-10(20)12(13(8)21)16(22)23/h2-5,7,11,14-16,28-29H,6H2,1H3,(H2,24,25,26)/t11-,14-,15-,19+/m1/s1. The van der Waals surface area contributed by atoms with E-state index in [1.807, 2.05) is 0 Å². The van der Waals surface area contributed by atoms with Gasteiger partial charge in [-0.1, -0.05) is 6.07 Å². The van der Waals surface area contributed by atoms with Crippen LogP contribution in [-0.4, -0.2) is 36.5 Å². The summed E-state index contributed by atoms with van der Waals surface area (Å²) in [4.78, 5) is 8.03. The Labute approximate surface area is 167 Å². The van der Waals surface area contributed by atoms with Crippen LogP contribution in [0.5, 0.6) is 0 Å². The van der Waals surface area contributed by atoms with Gasteiger partial charge < -0.3 is 25.3 Å². The monoisotopic (exact) mass is 426 g/mol. The molecule has 3 aromatic rings. The second kappa shape index (κ2) is 7.18. The van der Waals surface area contributed by atoms with Gasteiger partial charge in [0.25, 0.3) is 6.43 Å². The van der Waals surface area contributed by atoms with Crippen LogP contribution in [0, 0.1) is 11.6 Å². The molecule has 1 saturated heterocycles. The van der Waals surface area contributed by atoms with Crippen molar-refractivity contribution < 1.29 is 32.5 Å². The highest BCUT2D eigenvalue weighted by Gasteiger charge is 2.49. The van der Waals surface area contributed by atoms with E-state index in [-0.39, 0.29) is 12.2 Å². The van der Waals surface area contributed by atoms with Crippen molar-refractivity contribution in [3.8, 4) is 0 Å². The SMILES string of the molecule is C[C@]1(O)C[C@H](n2ccc3c(N)ncnc32)O[C@@H]1[C@H](O)c1ccc(F)c(C(F)F)c1F. The summed E-state index contributed by atoms with van der Waals surface area (Å²) in [7, 11) is 0. The summed E-state index contributed by atoms with van der Waals surface area (Å²) in [6.07, 6.45) is -4.59. The number of hydrogen-bond acceptors (Lipinski definition) is 6. The number of rotatable bonds is 4. The van der Waals surface area contributed by atoms with Crippen molar-refractivity contribution in [1.29, 1.82) is 0 Å². The molecule has 0 saturated carbocycles. The van der Waals surface area contributed by atoms with E-state index >= 15 is 0 Å². The Hall–Kier alpha value is -2.76. The van der Waals surface area contributed by atoms with E-state index in [0.29, 0.717) is 17.1 Å².